The Balaban J connectivity index is 2.43. The van der Waals surface area contributed by atoms with E-state index >= 15 is 0 Å². The normalized spacial score (nSPS) is 11.1. The number of hydrogen-bond donors (Lipinski definition) is 1. The second kappa shape index (κ2) is 10.9. The number of rotatable bonds is 11. The maximum atomic E-state index is 6.27. The minimum Gasteiger partial charge on any atom is -0.491 e. The van der Waals surface area contributed by atoms with Crippen molar-refractivity contribution < 1.29 is 9.47 Å². The molecule has 3 nitrogen and oxygen atoms in total. The number of halogens is 1. The van der Waals surface area contributed by atoms with Crippen molar-refractivity contribution in [2.75, 3.05) is 26.4 Å². The van der Waals surface area contributed by atoms with Crippen molar-refractivity contribution in [3.05, 3.63) is 28.8 Å². The second-order valence-electron chi connectivity index (χ2n) is 5.56. The third kappa shape index (κ3) is 7.70. The zero-order valence-electron chi connectivity index (χ0n) is 13.5. The Bertz CT molecular complexity index is 396. The third-order valence-electron chi connectivity index (χ3n) is 3.06. The standard InChI is InChI=1S/C17H28ClNO2/c1-4-5-9-20-10-11-21-17-8-6-7-16(18)15(17)13-19-12-14(2)3/h6-8,14,19H,4-5,9-13H2,1-3H3. The molecular formula is C17H28ClNO2. The average Bonchev–Trinajstić information content (AvgIpc) is 2.45. The fourth-order valence-electron chi connectivity index (χ4n) is 1.89. The van der Waals surface area contributed by atoms with Crippen LogP contribution in [0.4, 0.5) is 0 Å². The summed E-state index contributed by atoms with van der Waals surface area (Å²) in [6.07, 6.45) is 2.25. The van der Waals surface area contributed by atoms with Gasteiger partial charge in [-0.1, -0.05) is 44.9 Å². The molecule has 1 N–H and O–H groups in total. The molecule has 0 aromatic heterocycles. The van der Waals surface area contributed by atoms with Crippen molar-refractivity contribution in [3.63, 3.8) is 0 Å². The van der Waals surface area contributed by atoms with E-state index in [9.17, 15) is 0 Å². The molecule has 0 saturated heterocycles. The van der Waals surface area contributed by atoms with Gasteiger partial charge in [0, 0.05) is 23.7 Å². The van der Waals surface area contributed by atoms with Gasteiger partial charge >= 0.3 is 0 Å². The molecule has 0 radical (unpaired) electrons. The molecule has 1 aromatic rings. The van der Waals surface area contributed by atoms with E-state index in [0.29, 0.717) is 19.1 Å². The molecule has 0 spiro atoms. The zero-order chi connectivity index (χ0) is 15.5. The molecule has 0 heterocycles. The topological polar surface area (TPSA) is 30.5 Å². The number of hydrogen-bond acceptors (Lipinski definition) is 3. The maximum Gasteiger partial charge on any atom is 0.125 e. The first-order valence-electron chi connectivity index (χ1n) is 7.83. The van der Waals surface area contributed by atoms with Crippen LogP contribution in [0.15, 0.2) is 18.2 Å². The van der Waals surface area contributed by atoms with Gasteiger partial charge in [-0.15, -0.1) is 0 Å². The molecular weight excluding hydrogens is 286 g/mol. The monoisotopic (exact) mass is 313 g/mol. The summed E-state index contributed by atoms with van der Waals surface area (Å²) >= 11 is 6.27. The van der Waals surface area contributed by atoms with Crippen LogP contribution in [0.25, 0.3) is 0 Å². The SMILES string of the molecule is CCCCOCCOc1cccc(Cl)c1CNCC(C)C. The fraction of sp³-hybridized carbons (Fsp3) is 0.647. The van der Waals surface area contributed by atoms with Crippen LogP contribution in [0.1, 0.15) is 39.2 Å². The molecule has 0 aliphatic heterocycles. The minimum absolute atomic E-state index is 0.557. The Hall–Kier alpha value is -0.770. The van der Waals surface area contributed by atoms with E-state index in [1.54, 1.807) is 0 Å². The van der Waals surface area contributed by atoms with Crippen molar-refractivity contribution in [1.82, 2.24) is 5.32 Å². The third-order valence-corrected chi connectivity index (χ3v) is 3.41. The van der Waals surface area contributed by atoms with Crippen LogP contribution in [-0.2, 0) is 11.3 Å². The second-order valence-corrected chi connectivity index (χ2v) is 5.96. The van der Waals surface area contributed by atoms with Gasteiger partial charge in [-0.3, -0.25) is 0 Å². The highest BCUT2D eigenvalue weighted by atomic mass is 35.5. The number of nitrogens with one attached hydrogen (secondary N) is 1. The van der Waals surface area contributed by atoms with E-state index in [2.05, 4.69) is 26.1 Å². The van der Waals surface area contributed by atoms with Crippen LogP contribution in [0.2, 0.25) is 5.02 Å². The van der Waals surface area contributed by atoms with Crippen LogP contribution in [0, 0.1) is 5.92 Å². The van der Waals surface area contributed by atoms with E-state index in [4.69, 9.17) is 21.1 Å². The molecule has 0 unspecified atom stereocenters. The lowest BCUT2D eigenvalue weighted by Gasteiger charge is -2.14. The van der Waals surface area contributed by atoms with Gasteiger partial charge in [0.05, 0.1) is 6.61 Å². The van der Waals surface area contributed by atoms with E-state index in [1.807, 2.05) is 18.2 Å². The summed E-state index contributed by atoms with van der Waals surface area (Å²) in [7, 11) is 0. The first-order valence-corrected chi connectivity index (χ1v) is 8.21. The Morgan fingerprint density at radius 2 is 2.00 bits per heavy atom. The van der Waals surface area contributed by atoms with Gasteiger partial charge in [-0.2, -0.15) is 0 Å². The van der Waals surface area contributed by atoms with E-state index in [-0.39, 0.29) is 0 Å². The van der Waals surface area contributed by atoms with Crippen molar-refractivity contribution >= 4 is 11.6 Å². The lowest BCUT2D eigenvalue weighted by atomic mass is 10.1. The van der Waals surface area contributed by atoms with Crippen LogP contribution < -0.4 is 10.1 Å². The number of ether oxygens (including phenoxy) is 2. The van der Waals surface area contributed by atoms with Crippen LogP contribution in [-0.4, -0.2) is 26.4 Å². The van der Waals surface area contributed by atoms with Crippen molar-refractivity contribution in [2.45, 2.75) is 40.2 Å². The van der Waals surface area contributed by atoms with Crippen molar-refractivity contribution in [2.24, 2.45) is 5.92 Å². The molecule has 0 fully saturated rings. The molecule has 21 heavy (non-hydrogen) atoms. The molecule has 0 amide bonds. The largest absolute Gasteiger partial charge is 0.491 e. The van der Waals surface area contributed by atoms with Crippen molar-refractivity contribution in [3.8, 4) is 5.75 Å². The predicted molar refractivity (Wildman–Crippen MR) is 89.2 cm³/mol. The Kier molecular flexibility index (Phi) is 9.48. The van der Waals surface area contributed by atoms with Gasteiger partial charge in [-0.25, -0.2) is 0 Å². The van der Waals surface area contributed by atoms with Crippen LogP contribution in [0.3, 0.4) is 0 Å². The average molecular weight is 314 g/mol. The minimum atomic E-state index is 0.557. The summed E-state index contributed by atoms with van der Waals surface area (Å²) in [5.74, 6) is 1.46. The summed E-state index contributed by atoms with van der Waals surface area (Å²) in [6, 6.07) is 5.78. The molecule has 1 rings (SSSR count). The van der Waals surface area contributed by atoms with Gasteiger partial charge in [0.2, 0.25) is 0 Å². The smallest absolute Gasteiger partial charge is 0.125 e. The van der Waals surface area contributed by atoms with Gasteiger partial charge in [0.1, 0.15) is 12.4 Å². The maximum absolute atomic E-state index is 6.27. The summed E-state index contributed by atoms with van der Waals surface area (Å²) < 4.78 is 11.3. The van der Waals surface area contributed by atoms with Gasteiger partial charge in [0.15, 0.2) is 0 Å². The van der Waals surface area contributed by atoms with E-state index in [1.165, 1.54) is 0 Å². The zero-order valence-corrected chi connectivity index (χ0v) is 14.2. The first-order chi connectivity index (χ1) is 10.1. The Labute approximate surface area is 134 Å². The van der Waals surface area contributed by atoms with Crippen LogP contribution in [0.5, 0.6) is 5.75 Å². The molecule has 0 bridgehead atoms. The van der Waals surface area contributed by atoms with E-state index < -0.39 is 0 Å². The van der Waals surface area contributed by atoms with Crippen molar-refractivity contribution in [1.29, 1.82) is 0 Å². The highest BCUT2D eigenvalue weighted by Gasteiger charge is 2.08. The van der Waals surface area contributed by atoms with Gasteiger partial charge < -0.3 is 14.8 Å². The molecule has 120 valence electrons. The molecule has 4 heteroatoms. The highest BCUT2D eigenvalue weighted by Crippen LogP contribution is 2.26. The molecule has 0 atom stereocenters. The van der Waals surface area contributed by atoms with Gasteiger partial charge in [0.25, 0.3) is 0 Å². The lowest BCUT2D eigenvalue weighted by molar-refractivity contribution is 0.0977. The van der Waals surface area contributed by atoms with Crippen LogP contribution >= 0.6 is 11.6 Å². The quantitative estimate of drug-likeness (QED) is 0.618. The lowest BCUT2D eigenvalue weighted by Crippen LogP contribution is -2.20. The molecule has 0 aliphatic carbocycles. The molecule has 1 aromatic carbocycles. The molecule has 0 saturated carbocycles. The summed E-state index contributed by atoms with van der Waals surface area (Å²) in [4.78, 5) is 0. The first kappa shape index (κ1) is 18.3. The fourth-order valence-corrected chi connectivity index (χ4v) is 2.12. The number of benzene rings is 1. The van der Waals surface area contributed by atoms with E-state index in [0.717, 1.165) is 48.9 Å². The Morgan fingerprint density at radius 3 is 2.71 bits per heavy atom. The highest BCUT2D eigenvalue weighted by molar-refractivity contribution is 6.31. The predicted octanol–water partition coefficient (Wildman–Crippen LogP) is 4.28. The number of unbranched alkanes of at least 4 members (excludes halogenated alkanes) is 1. The van der Waals surface area contributed by atoms with Gasteiger partial charge in [-0.05, 0) is 31.0 Å². The Morgan fingerprint density at radius 1 is 1.19 bits per heavy atom. The summed E-state index contributed by atoms with van der Waals surface area (Å²) in [6.45, 7) is 10.2. The molecule has 0 aliphatic rings. The summed E-state index contributed by atoms with van der Waals surface area (Å²) in [5.41, 5.74) is 1.02. The summed E-state index contributed by atoms with van der Waals surface area (Å²) in [5, 5.41) is 4.15.